The van der Waals surface area contributed by atoms with E-state index in [0.29, 0.717) is 33.8 Å². The molecule has 0 spiro atoms. The van der Waals surface area contributed by atoms with E-state index in [0.717, 1.165) is 6.07 Å². The number of H-pyrrole nitrogens is 1. The predicted molar refractivity (Wildman–Crippen MR) is 105 cm³/mol. The molecular weight excluding hydrogens is 414 g/mol. The Morgan fingerprint density at radius 1 is 1.13 bits per heavy atom. The van der Waals surface area contributed by atoms with E-state index >= 15 is 0 Å². The first-order chi connectivity index (χ1) is 14.7. The smallest absolute Gasteiger partial charge is 0.368 e. The fourth-order valence-corrected chi connectivity index (χ4v) is 3.16. The third-order valence-electron chi connectivity index (χ3n) is 4.52. The third kappa shape index (κ3) is 4.09. The van der Waals surface area contributed by atoms with Gasteiger partial charge >= 0.3 is 6.18 Å². The normalized spacial score (nSPS) is 11.5. The first kappa shape index (κ1) is 20.1. The molecule has 7 nitrogen and oxygen atoms in total. The van der Waals surface area contributed by atoms with Gasteiger partial charge in [-0.1, -0.05) is 6.07 Å². The highest BCUT2D eigenvalue weighted by molar-refractivity contribution is 5.86. The Morgan fingerprint density at radius 2 is 1.94 bits per heavy atom. The third-order valence-corrected chi connectivity index (χ3v) is 4.52. The number of anilines is 3. The maximum absolute atomic E-state index is 14.7. The number of hydrogen-bond donors (Lipinski definition) is 3. The van der Waals surface area contributed by atoms with Crippen LogP contribution in [0.1, 0.15) is 22.4 Å². The van der Waals surface area contributed by atoms with Crippen LogP contribution in [0.25, 0.3) is 11.0 Å². The standard InChI is InChI=1S/C20H13F4N7/c21-14-6-13(29-16-7-15(20(22,23)24)30-19(26)31-16)2-1-10(14)5-11-3-4-27-18-17(11)12(8-25)9-28-18/h1-4,6-7,9H,5H2,(H,27,28)(H3,26,29,30,31). The van der Waals surface area contributed by atoms with E-state index in [-0.39, 0.29) is 17.9 Å². The maximum atomic E-state index is 14.7. The summed E-state index contributed by atoms with van der Waals surface area (Å²) < 4.78 is 53.4. The lowest BCUT2D eigenvalue weighted by Gasteiger charge is -2.11. The molecule has 3 heterocycles. The van der Waals surface area contributed by atoms with Crippen LogP contribution in [-0.2, 0) is 12.6 Å². The van der Waals surface area contributed by atoms with Crippen LogP contribution in [0, 0.1) is 17.1 Å². The molecule has 0 atom stereocenters. The second-order valence-electron chi connectivity index (χ2n) is 6.61. The van der Waals surface area contributed by atoms with E-state index in [2.05, 4.69) is 31.3 Å². The van der Waals surface area contributed by atoms with Gasteiger partial charge in [-0.15, -0.1) is 0 Å². The molecule has 11 heteroatoms. The zero-order valence-corrected chi connectivity index (χ0v) is 15.6. The van der Waals surface area contributed by atoms with Gasteiger partial charge in [-0.25, -0.2) is 14.4 Å². The monoisotopic (exact) mass is 427 g/mol. The highest BCUT2D eigenvalue weighted by Crippen LogP contribution is 2.30. The van der Waals surface area contributed by atoms with Crippen molar-refractivity contribution in [1.82, 2.24) is 19.9 Å². The van der Waals surface area contributed by atoms with Crippen LogP contribution in [0.15, 0.2) is 42.7 Å². The molecule has 4 N–H and O–H groups in total. The Hall–Kier alpha value is -4.20. The summed E-state index contributed by atoms with van der Waals surface area (Å²) in [6.45, 7) is 0. The molecule has 0 unspecified atom stereocenters. The lowest BCUT2D eigenvalue weighted by atomic mass is 10.0. The summed E-state index contributed by atoms with van der Waals surface area (Å²) in [6, 6.07) is 8.60. The molecular formula is C20H13F4N7. The molecule has 0 radical (unpaired) electrons. The second kappa shape index (κ2) is 7.56. The van der Waals surface area contributed by atoms with Crippen LogP contribution in [0.3, 0.4) is 0 Å². The Morgan fingerprint density at radius 3 is 2.65 bits per heavy atom. The van der Waals surface area contributed by atoms with Crippen molar-refractivity contribution < 1.29 is 17.6 Å². The van der Waals surface area contributed by atoms with Crippen LogP contribution in [0.4, 0.5) is 35.0 Å². The number of nitrogens with one attached hydrogen (secondary N) is 2. The van der Waals surface area contributed by atoms with Gasteiger partial charge in [-0.2, -0.15) is 23.4 Å². The number of nitrogen functional groups attached to an aromatic ring is 1. The molecule has 0 aliphatic rings. The van der Waals surface area contributed by atoms with Gasteiger partial charge in [0.1, 0.15) is 23.4 Å². The van der Waals surface area contributed by atoms with Crippen LogP contribution in [-0.4, -0.2) is 19.9 Å². The van der Waals surface area contributed by atoms with Crippen molar-refractivity contribution in [3.8, 4) is 6.07 Å². The van der Waals surface area contributed by atoms with Gasteiger partial charge < -0.3 is 16.0 Å². The number of alkyl halides is 3. The molecule has 4 aromatic rings. The average Bonchev–Trinajstić information content (AvgIpc) is 3.13. The van der Waals surface area contributed by atoms with Gasteiger partial charge in [-0.3, -0.25) is 0 Å². The van der Waals surface area contributed by atoms with Crippen LogP contribution in [0.2, 0.25) is 0 Å². The van der Waals surface area contributed by atoms with Crippen molar-refractivity contribution in [2.45, 2.75) is 12.6 Å². The van der Waals surface area contributed by atoms with E-state index in [1.807, 2.05) is 0 Å². The minimum absolute atomic E-state index is 0.187. The van der Waals surface area contributed by atoms with Crippen molar-refractivity contribution >= 4 is 28.5 Å². The molecule has 0 aliphatic heterocycles. The number of nitrogens with two attached hydrogens (primary N) is 1. The number of aromatic nitrogens is 4. The lowest BCUT2D eigenvalue weighted by Crippen LogP contribution is -2.12. The summed E-state index contributed by atoms with van der Waals surface area (Å²) in [5.41, 5.74) is 6.29. The Bertz CT molecular complexity index is 1320. The Balaban J connectivity index is 1.61. The number of nitrogens with zero attached hydrogens (tertiary/aromatic N) is 4. The van der Waals surface area contributed by atoms with Crippen LogP contribution >= 0.6 is 0 Å². The summed E-state index contributed by atoms with van der Waals surface area (Å²) >= 11 is 0. The number of rotatable bonds is 4. The molecule has 0 aliphatic carbocycles. The summed E-state index contributed by atoms with van der Waals surface area (Å²) in [5, 5.41) is 12.5. The number of nitriles is 1. The van der Waals surface area contributed by atoms with Crippen LogP contribution < -0.4 is 11.1 Å². The van der Waals surface area contributed by atoms with Gasteiger partial charge in [0.15, 0.2) is 5.69 Å². The Labute approximate surface area is 172 Å². The molecule has 1 aromatic carbocycles. The van der Waals surface area contributed by atoms with Crippen molar-refractivity contribution in [1.29, 1.82) is 5.26 Å². The molecule has 0 fully saturated rings. The van der Waals surface area contributed by atoms with Crippen LogP contribution in [0.5, 0.6) is 0 Å². The minimum atomic E-state index is -4.70. The quantitative estimate of drug-likeness (QED) is 0.418. The summed E-state index contributed by atoms with van der Waals surface area (Å²) in [5.74, 6) is -1.35. The van der Waals surface area contributed by atoms with Gasteiger partial charge in [0, 0.05) is 36.0 Å². The van der Waals surface area contributed by atoms with E-state index in [1.165, 1.54) is 18.3 Å². The molecule has 156 valence electrons. The van der Waals surface area contributed by atoms with E-state index < -0.39 is 23.6 Å². The summed E-state index contributed by atoms with van der Waals surface area (Å²) in [4.78, 5) is 13.9. The van der Waals surface area contributed by atoms with Crippen molar-refractivity contribution in [3.63, 3.8) is 0 Å². The largest absolute Gasteiger partial charge is 0.433 e. The number of aromatic amines is 1. The van der Waals surface area contributed by atoms with Crippen molar-refractivity contribution in [2.24, 2.45) is 0 Å². The van der Waals surface area contributed by atoms with Crippen molar-refractivity contribution in [2.75, 3.05) is 11.1 Å². The Kier molecular flexibility index (Phi) is 4.90. The zero-order chi connectivity index (χ0) is 22.2. The first-order valence-electron chi connectivity index (χ1n) is 8.87. The SMILES string of the molecule is N#Cc1c[nH]c2nccc(Cc3ccc(Nc4cc(C(F)(F)F)nc(N)n4)cc3F)c12. The minimum Gasteiger partial charge on any atom is -0.368 e. The number of pyridine rings is 1. The lowest BCUT2D eigenvalue weighted by molar-refractivity contribution is -0.141. The molecule has 3 aromatic heterocycles. The fourth-order valence-electron chi connectivity index (χ4n) is 3.16. The molecule has 0 saturated carbocycles. The number of halogens is 4. The predicted octanol–water partition coefficient (Wildman–Crippen LogP) is 4.30. The van der Waals surface area contributed by atoms with E-state index in [9.17, 15) is 22.8 Å². The molecule has 31 heavy (non-hydrogen) atoms. The number of fused-ring (bicyclic) bond motifs is 1. The number of benzene rings is 1. The second-order valence-corrected chi connectivity index (χ2v) is 6.61. The van der Waals surface area contributed by atoms with E-state index in [1.54, 1.807) is 12.3 Å². The first-order valence-corrected chi connectivity index (χ1v) is 8.87. The van der Waals surface area contributed by atoms with Crippen molar-refractivity contribution in [3.05, 3.63) is 70.9 Å². The summed E-state index contributed by atoms with van der Waals surface area (Å²) in [7, 11) is 0. The molecule has 0 saturated heterocycles. The topological polar surface area (TPSA) is 116 Å². The van der Waals surface area contributed by atoms with Gasteiger partial charge in [0.2, 0.25) is 5.95 Å². The number of hydrogen-bond acceptors (Lipinski definition) is 6. The maximum Gasteiger partial charge on any atom is 0.433 e. The fraction of sp³-hybridized carbons (Fsp3) is 0.100. The van der Waals surface area contributed by atoms with Gasteiger partial charge in [0.05, 0.1) is 5.56 Å². The summed E-state index contributed by atoms with van der Waals surface area (Å²) in [6.07, 6.45) is -1.41. The molecule has 0 amide bonds. The zero-order valence-electron chi connectivity index (χ0n) is 15.6. The molecule has 0 bridgehead atoms. The van der Waals surface area contributed by atoms with Gasteiger partial charge in [-0.05, 0) is 29.3 Å². The van der Waals surface area contributed by atoms with E-state index in [4.69, 9.17) is 5.73 Å². The molecule has 4 rings (SSSR count). The highest BCUT2D eigenvalue weighted by atomic mass is 19.4. The van der Waals surface area contributed by atoms with Gasteiger partial charge in [0.25, 0.3) is 0 Å². The average molecular weight is 427 g/mol. The highest BCUT2D eigenvalue weighted by Gasteiger charge is 2.33.